The first-order chi connectivity index (χ1) is 9.06. The van der Waals surface area contributed by atoms with Crippen LogP contribution in [0.1, 0.15) is 43.5 Å². The van der Waals surface area contributed by atoms with Crippen molar-refractivity contribution in [2.24, 2.45) is 5.92 Å². The summed E-state index contributed by atoms with van der Waals surface area (Å²) in [6.45, 7) is 3.67. The zero-order chi connectivity index (χ0) is 13.8. The van der Waals surface area contributed by atoms with Crippen LogP contribution < -0.4 is 10.6 Å². The van der Waals surface area contributed by atoms with E-state index in [0.717, 1.165) is 6.42 Å². The smallest absolute Gasteiger partial charge is 0.319 e. The van der Waals surface area contributed by atoms with Crippen molar-refractivity contribution in [1.29, 1.82) is 0 Å². The number of amides is 2. The van der Waals surface area contributed by atoms with Crippen molar-refractivity contribution in [3.8, 4) is 0 Å². The van der Waals surface area contributed by atoms with Gasteiger partial charge in [0.25, 0.3) is 0 Å². The lowest BCUT2D eigenvalue weighted by atomic mass is 10.1. The molecular weight excluding hydrogens is 240 g/mol. The van der Waals surface area contributed by atoms with E-state index < -0.39 is 0 Å². The van der Waals surface area contributed by atoms with Crippen molar-refractivity contribution in [3.63, 3.8) is 0 Å². The number of ketones is 1. The van der Waals surface area contributed by atoms with Gasteiger partial charge in [-0.3, -0.25) is 4.79 Å². The Bertz CT molecular complexity index is 485. The van der Waals surface area contributed by atoms with Crippen molar-refractivity contribution in [3.05, 3.63) is 29.8 Å². The van der Waals surface area contributed by atoms with E-state index in [1.807, 2.05) is 0 Å². The number of nitrogens with one attached hydrogen (secondary N) is 2. The maximum atomic E-state index is 11.9. The topological polar surface area (TPSA) is 58.2 Å². The molecule has 4 nitrogen and oxygen atoms in total. The predicted molar refractivity (Wildman–Crippen MR) is 75.4 cm³/mol. The van der Waals surface area contributed by atoms with Gasteiger partial charge in [-0.15, -0.1) is 0 Å². The monoisotopic (exact) mass is 260 g/mol. The van der Waals surface area contributed by atoms with Crippen LogP contribution in [-0.2, 0) is 0 Å². The van der Waals surface area contributed by atoms with Crippen LogP contribution in [0.25, 0.3) is 0 Å². The van der Waals surface area contributed by atoms with Gasteiger partial charge in [0.2, 0.25) is 0 Å². The number of Topliss-reactive ketones (excluding diaryl/α,β-unsaturated/α-hetero) is 1. The summed E-state index contributed by atoms with van der Waals surface area (Å²) < 4.78 is 0. The number of hydrogen-bond donors (Lipinski definition) is 2. The summed E-state index contributed by atoms with van der Waals surface area (Å²) in [5.74, 6) is 0.530. The molecule has 0 spiro atoms. The minimum atomic E-state index is -0.195. The average molecular weight is 260 g/mol. The van der Waals surface area contributed by atoms with Gasteiger partial charge >= 0.3 is 6.03 Å². The summed E-state index contributed by atoms with van der Waals surface area (Å²) in [7, 11) is 0. The van der Waals surface area contributed by atoms with Crippen molar-refractivity contribution in [2.45, 2.75) is 39.2 Å². The van der Waals surface area contributed by atoms with E-state index in [0.29, 0.717) is 17.2 Å². The lowest BCUT2D eigenvalue weighted by Crippen LogP contribution is -2.39. The number of benzene rings is 1. The highest BCUT2D eigenvalue weighted by Crippen LogP contribution is 2.24. The fraction of sp³-hybridized carbons (Fsp3) is 0.467. The van der Waals surface area contributed by atoms with Gasteiger partial charge in [-0.25, -0.2) is 4.79 Å². The third-order valence-corrected chi connectivity index (χ3v) is 3.70. The fourth-order valence-electron chi connectivity index (χ4n) is 2.51. The first-order valence-corrected chi connectivity index (χ1v) is 6.75. The quantitative estimate of drug-likeness (QED) is 0.820. The van der Waals surface area contributed by atoms with Crippen molar-refractivity contribution >= 4 is 17.5 Å². The van der Waals surface area contributed by atoms with E-state index in [4.69, 9.17) is 0 Å². The second kappa shape index (κ2) is 5.87. The molecule has 1 aromatic rings. The summed E-state index contributed by atoms with van der Waals surface area (Å²) in [4.78, 5) is 23.2. The SMILES string of the molecule is CC(=O)c1cccc(NC(=O)NC2CCCC2C)c1. The lowest BCUT2D eigenvalue weighted by molar-refractivity contribution is 0.101. The minimum absolute atomic E-state index is 0.00604. The van der Waals surface area contributed by atoms with Gasteiger partial charge in [-0.2, -0.15) is 0 Å². The summed E-state index contributed by atoms with van der Waals surface area (Å²) in [5.41, 5.74) is 1.25. The predicted octanol–water partition coefficient (Wildman–Crippen LogP) is 3.20. The van der Waals surface area contributed by atoms with Crippen molar-refractivity contribution < 1.29 is 9.59 Å². The van der Waals surface area contributed by atoms with E-state index >= 15 is 0 Å². The normalized spacial score (nSPS) is 22.0. The number of carbonyl (C=O) groups is 2. The molecule has 0 aliphatic heterocycles. The van der Waals surface area contributed by atoms with Gasteiger partial charge in [-0.05, 0) is 37.8 Å². The van der Waals surface area contributed by atoms with Gasteiger partial charge in [0.15, 0.2) is 5.78 Å². The first kappa shape index (κ1) is 13.6. The number of rotatable bonds is 3. The van der Waals surface area contributed by atoms with Crippen LogP contribution in [0, 0.1) is 5.92 Å². The molecule has 2 rings (SSSR count). The third-order valence-electron chi connectivity index (χ3n) is 3.70. The van der Waals surface area contributed by atoms with Crippen molar-refractivity contribution in [1.82, 2.24) is 5.32 Å². The van der Waals surface area contributed by atoms with Crippen LogP contribution in [0.3, 0.4) is 0 Å². The maximum absolute atomic E-state index is 11.9. The highest BCUT2D eigenvalue weighted by Gasteiger charge is 2.24. The Kier molecular flexibility index (Phi) is 4.20. The molecule has 4 heteroatoms. The van der Waals surface area contributed by atoms with E-state index in [9.17, 15) is 9.59 Å². The van der Waals surface area contributed by atoms with Crippen LogP contribution in [-0.4, -0.2) is 17.9 Å². The Morgan fingerprint density at radius 3 is 2.68 bits per heavy atom. The van der Waals surface area contributed by atoms with Crippen LogP contribution in [0.5, 0.6) is 0 Å². The number of urea groups is 1. The van der Waals surface area contributed by atoms with Crippen LogP contribution >= 0.6 is 0 Å². The molecule has 2 amide bonds. The standard InChI is InChI=1S/C15H20N2O2/c1-10-5-3-8-14(10)17-15(19)16-13-7-4-6-12(9-13)11(2)18/h4,6-7,9-10,14H,3,5,8H2,1-2H3,(H2,16,17,19). The second-order valence-corrected chi connectivity index (χ2v) is 5.25. The second-order valence-electron chi connectivity index (χ2n) is 5.25. The molecule has 2 atom stereocenters. The Labute approximate surface area is 113 Å². The zero-order valence-corrected chi connectivity index (χ0v) is 11.4. The molecule has 2 N–H and O–H groups in total. The molecule has 0 bridgehead atoms. The molecule has 102 valence electrons. The van der Waals surface area contributed by atoms with Crippen LogP contribution in [0.2, 0.25) is 0 Å². The minimum Gasteiger partial charge on any atom is -0.335 e. The van der Waals surface area contributed by atoms with E-state index in [-0.39, 0.29) is 17.9 Å². The highest BCUT2D eigenvalue weighted by atomic mass is 16.2. The molecule has 0 saturated heterocycles. The van der Waals surface area contributed by atoms with Gasteiger partial charge in [-0.1, -0.05) is 25.5 Å². The molecule has 1 aliphatic rings. The first-order valence-electron chi connectivity index (χ1n) is 6.75. The Morgan fingerprint density at radius 1 is 1.26 bits per heavy atom. The van der Waals surface area contributed by atoms with Crippen molar-refractivity contribution in [2.75, 3.05) is 5.32 Å². The maximum Gasteiger partial charge on any atom is 0.319 e. The largest absolute Gasteiger partial charge is 0.335 e. The molecule has 19 heavy (non-hydrogen) atoms. The van der Waals surface area contributed by atoms with Gasteiger partial charge < -0.3 is 10.6 Å². The number of hydrogen-bond acceptors (Lipinski definition) is 2. The molecule has 0 heterocycles. The highest BCUT2D eigenvalue weighted by molar-refractivity contribution is 5.96. The third kappa shape index (κ3) is 3.56. The summed E-state index contributed by atoms with van der Waals surface area (Å²) in [6.07, 6.45) is 3.39. The number of anilines is 1. The van der Waals surface area contributed by atoms with Crippen LogP contribution in [0.4, 0.5) is 10.5 Å². The molecular formula is C15H20N2O2. The zero-order valence-electron chi connectivity index (χ0n) is 11.4. The van der Waals surface area contributed by atoms with Gasteiger partial charge in [0, 0.05) is 17.3 Å². The summed E-state index contributed by atoms with van der Waals surface area (Å²) in [6, 6.07) is 7.05. The fourth-order valence-corrected chi connectivity index (χ4v) is 2.51. The molecule has 1 fully saturated rings. The molecule has 1 saturated carbocycles. The Morgan fingerprint density at radius 2 is 2.05 bits per heavy atom. The van der Waals surface area contributed by atoms with Crippen LogP contribution in [0.15, 0.2) is 24.3 Å². The number of carbonyl (C=O) groups excluding carboxylic acids is 2. The Balaban J connectivity index is 1.95. The van der Waals surface area contributed by atoms with Gasteiger partial charge in [0.1, 0.15) is 0 Å². The summed E-state index contributed by atoms with van der Waals surface area (Å²) >= 11 is 0. The van der Waals surface area contributed by atoms with E-state index in [1.54, 1.807) is 24.3 Å². The molecule has 0 aromatic heterocycles. The molecule has 0 radical (unpaired) electrons. The molecule has 2 unspecified atom stereocenters. The summed E-state index contributed by atoms with van der Waals surface area (Å²) in [5, 5.41) is 5.77. The van der Waals surface area contributed by atoms with E-state index in [2.05, 4.69) is 17.6 Å². The van der Waals surface area contributed by atoms with E-state index in [1.165, 1.54) is 19.8 Å². The molecule has 1 aromatic carbocycles. The Hall–Kier alpha value is -1.84. The lowest BCUT2D eigenvalue weighted by Gasteiger charge is -2.17. The molecule has 1 aliphatic carbocycles. The average Bonchev–Trinajstić information content (AvgIpc) is 2.75. The van der Waals surface area contributed by atoms with Gasteiger partial charge in [0.05, 0.1) is 0 Å².